The normalized spacial score (nSPS) is 11.0. The lowest BCUT2D eigenvalue weighted by Crippen LogP contribution is -2.07. The van der Waals surface area contributed by atoms with Crippen molar-refractivity contribution < 1.29 is 9.47 Å². The van der Waals surface area contributed by atoms with E-state index in [1.54, 1.807) is 7.11 Å². The number of hydrogen-bond donors (Lipinski definition) is 0. The molecule has 0 spiro atoms. The van der Waals surface area contributed by atoms with E-state index in [4.69, 9.17) is 26.1 Å². The topological polar surface area (TPSA) is 36.3 Å². The number of fused-ring (bicyclic) bond motifs is 1. The highest BCUT2D eigenvalue weighted by atomic mass is 35.5. The third-order valence-electron chi connectivity index (χ3n) is 5.11. The van der Waals surface area contributed by atoms with Crippen molar-refractivity contribution >= 4 is 22.6 Å². The molecule has 3 aromatic carbocycles. The van der Waals surface area contributed by atoms with Gasteiger partial charge in [-0.2, -0.15) is 0 Å². The Balaban J connectivity index is 1.39. The summed E-state index contributed by atoms with van der Waals surface area (Å²) in [5, 5.41) is 0.754. The molecule has 0 N–H and O–H groups in total. The van der Waals surface area contributed by atoms with E-state index in [1.165, 1.54) is 11.1 Å². The number of hydrogen-bond acceptors (Lipinski definition) is 3. The molecule has 0 saturated heterocycles. The number of benzene rings is 3. The molecule has 1 heterocycles. The number of unbranched alkanes of at least 4 members (excludes halogenated alkanes) is 1. The fraction of sp³-hybridized carbons (Fsp3) is 0.240. The van der Waals surface area contributed by atoms with Crippen LogP contribution in [0.4, 0.5) is 0 Å². The monoisotopic (exact) mass is 420 g/mol. The van der Waals surface area contributed by atoms with Crippen molar-refractivity contribution in [1.82, 2.24) is 9.55 Å². The second kappa shape index (κ2) is 9.68. The first-order chi connectivity index (χ1) is 14.7. The van der Waals surface area contributed by atoms with Crippen molar-refractivity contribution in [3.63, 3.8) is 0 Å². The van der Waals surface area contributed by atoms with E-state index >= 15 is 0 Å². The van der Waals surface area contributed by atoms with E-state index in [-0.39, 0.29) is 0 Å². The first kappa shape index (κ1) is 20.3. The van der Waals surface area contributed by atoms with Crippen LogP contribution in [0.5, 0.6) is 11.5 Å². The Morgan fingerprint density at radius 3 is 2.37 bits per heavy atom. The maximum atomic E-state index is 6.03. The van der Waals surface area contributed by atoms with Gasteiger partial charge in [-0.15, -0.1) is 0 Å². The van der Waals surface area contributed by atoms with E-state index in [0.717, 1.165) is 53.7 Å². The smallest absolute Gasteiger partial charge is 0.119 e. The highest BCUT2D eigenvalue weighted by Gasteiger charge is 2.11. The minimum Gasteiger partial charge on any atom is -0.497 e. The minimum atomic E-state index is 0.686. The van der Waals surface area contributed by atoms with Crippen LogP contribution in [0.2, 0.25) is 5.02 Å². The Labute approximate surface area is 182 Å². The number of ether oxygens (including phenoxy) is 2. The minimum absolute atomic E-state index is 0.686. The van der Waals surface area contributed by atoms with E-state index < -0.39 is 0 Å². The molecule has 0 amide bonds. The molecule has 0 atom stereocenters. The molecule has 4 rings (SSSR count). The molecule has 154 valence electrons. The van der Waals surface area contributed by atoms with Crippen LogP contribution in [0.1, 0.15) is 24.2 Å². The Bertz CT molecular complexity index is 1090. The van der Waals surface area contributed by atoms with Gasteiger partial charge in [0.15, 0.2) is 0 Å². The average molecular weight is 421 g/mol. The molecule has 0 bridgehead atoms. The number of imidazole rings is 1. The SMILES string of the molecule is COc1ccc(OCCCCn2c(Cc3ccc(Cl)cc3)nc3ccccc32)cc1. The summed E-state index contributed by atoms with van der Waals surface area (Å²) < 4.78 is 13.4. The molecule has 4 nitrogen and oxygen atoms in total. The molecule has 0 radical (unpaired) electrons. The van der Waals surface area contributed by atoms with Crippen LogP contribution in [-0.2, 0) is 13.0 Å². The first-order valence-corrected chi connectivity index (χ1v) is 10.6. The van der Waals surface area contributed by atoms with E-state index in [2.05, 4.69) is 34.9 Å². The Kier molecular flexibility index (Phi) is 6.55. The molecule has 0 aliphatic heterocycles. The highest BCUT2D eigenvalue weighted by Crippen LogP contribution is 2.21. The first-order valence-electron chi connectivity index (χ1n) is 10.2. The molecule has 4 aromatic rings. The second-order valence-electron chi connectivity index (χ2n) is 7.20. The number of halogens is 1. The zero-order chi connectivity index (χ0) is 20.8. The lowest BCUT2D eigenvalue weighted by molar-refractivity contribution is 0.302. The molecule has 5 heteroatoms. The van der Waals surface area contributed by atoms with Crippen LogP contribution in [0.3, 0.4) is 0 Å². The maximum Gasteiger partial charge on any atom is 0.119 e. The summed E-state index contributed by atoms with van der Waals surface area (Å²) in [5.74, 6) is 2.78. The van der Waals surface area contributed by atoms with Crippen molar-refractivity contribution in [2.45, 2.75) is 25.8 Å². The summed E-state index contributed by atoms with van der Waals surface area (Å²) in [6.45, 7) is 1.60. The zero-order valence-corrected chi connectivity index (χ0v) is 17.8. The Hall–Kier alpha value is -2.98. The number of rotatable bonds is 9. The summed E-state index contributed by atoms with van der Waals surface area (Å²) >= 11 is 6.03. The molecule has 30 heavy (non-hydrogen) atoms. The van der Waals surface area contributed by atoms with E-state index in [0.29, 0.717) is 6.61 Å². The number of aryl methyl sites for hydroxylation is 1. The molecule has 1 aromatic heterocycles. The fourth-order valence-electron chi connectivity index (χ4n) is 3.53. The van der Waals surface area contributed by atoms with Gasteiger partial charge >= 0.3 is 0 Å². The quantitative estimate of drug-likeness (QED) is 0.305. The van der Waals surface area contributed by atoms with Crippen molar-refractivity contribution in [2.24, 2.45) is 0 Å². The summed E-state index contributed by atoms with van der Waals surface area (Å²) in [7, 11) is 1.66. The van der Waals surface area contributed by atoms with Gasteiger partial charge in [0.25, 0.3) is 0 Å². The van der Waals surface area contributed by atoms with Crippen LogP contribution in [0.25, 0.3) is 11.0 Å². The van der Waals surface area contributed by atoms with Gasteiger partial charge in [-0.05, 0) is 66.9 Å². The number of nitrogens with zero attached hydrogens (tertiary/aromatic N) is 2. The maximum absolute atomic E-state index is 6.03. The summed E-state index contributed by atoms with van der Waals surface area (Å²) in [6, 6.07) is 24.0. The lowest BCUT2D eigenvalue weighted by Gasteiger charge is -2.11. The van der Waals surface area contributed by atoms with Gasteiger partial charge in [0.05, 0.1) is 24.8 Å². The number of aromatic nitrogens is 2. The van der Waals surface area contributed by atoms with Crippen LogP contribution >= 0.6 is 11.6 Å². The molecule has 0 aliphatic rings. The number of methoxy groups -OCH3 is 1. The predicted molar refractivity (Wildman–Crippen MR) is 122 cm³/mol. The largest absolute Gasteiger partial charge is 0.497 e. The second-order valence-corrected chi connectivity index (χ2v) is 7.64. The van der Waals surface area contributed by atoms with Gasteiger partial charge in [-0.1, -0.05) is 35.9 Å². The molecule has 0 saturated carbocycles. The van der Waals surface area contributed by atoms with Gasteiger partial charge in [-0.25, -0.2) is 4.98 Å². The third kappa shape index (κ3) is 4.95. The Morgan fingerprint density at radius 1 is 0.867 bits per heavy atom. The summed E-state index contributed by atoms with van der Waals surface area (Å²) in [5.41, 5.74) is 3.42. The standard InChI is InChI=1S/C25H25ClN2O2/c1-29-21-12-14-22(15-13-21)30-17-5-4-16-28-24-7-3-2-6-23(24)27-25(28)18-19-8-10-20(26)11-9-19/h2-3,6-15H,4-5,16-18H2,1H3. The van der Waals surface area contributed by atoms with Crippen LogP contribution in [-0.4, -0.2) is 23.3 Å². The van der Waals surface area contributed by atoms with Crippen molar-refractivity contribution in [1.29, 1.82) is 0 Å². The van der Waals surface area contributed by atoms with Crippen LogP contribution in [0, 0.1) is 0 Å². The van der Waals surface area contributed by atoms with Gasteiger partial charge in [0.1, 0.15) is 17.3 Å². The van der Waals surface area contributed by atoms with Gasteiger partial charge < -0.3 is 14.0 Å². The third-order valence-corrected chi connectivity index (χ3v) is 5.37. The highest BCUT2D eigenvalue weighted by molar-refractivity contribution is 6.30. The lowest BCUT2D eigenvalue weighted by atomic mass is 10.1. The summed E-state index contributed by atoms with van der Waals surface area (Å²) in [4.78, 5) is 4.88. The van der Waals surface area contributed by atoms with Crippen molar-refractivity contribution in [2.75, 3.05) is 13.7 Å². The van der Waals surface area contributed by atoms with E-state index in [9.17, 15) is 0 Å². The molecule has 0 unspecified atom stereocenters. The van der Waals surface area contributed by atoms with Crippen molar-refractivity contribution in [3.05, 3.63) is 89.2 Å². The molecular formula is C25H25ClN2O2. The predicted octanol–water partition coefficient (Wildman–Crippen LogP) is 6.15. The summed E-state index contributed by atoms with van der Waals surface area (Å²) in [6.07, 6.45) is 2.78. The molecular weight excluding hydrogens is 396 g/mol. The molecule has 0 fully saturated rings. The van der Waals surface area contributed by atoms with E-state index in [1.807, 2.05) is 42.5 Å². The fourth-order valence-corrected chi connectivity index (χ4v) is 3.65. The zero-order valence-electron chi connectivity index (χ0n) is 17.1. The van der Waals surface area contributed by atoms with Gasteiger partial charge in [0.2, 0.25) is 0 Å². The van der Waals surface area contributed by atoms with Crippen LogP contribution in [0.15, 0.2) is 72.8 Å². The Morgan fingerprint density at radius 2 is 1.60 bits per heavy atom. The van der Waals surface area contributed by atoms with Gasteiger partial charge in [0, 0.05) is 18.0 Å². The van der Waals surface area contributed by atoms with Crippen molar-refractivity contribution in [3.8, 4) is 11.5 Å². The average Bonchev–Trinajstić information content (AvgIpc) is 3.12. The van der Waals surface area contributed by atoms with Crippen LogP contribution < -0.4 is 9.47 Å². The van der Waals surface area contributed by atoms with Gasteiger partial charge in [-0.3, -0.25) is 0 Å². The molecule has 0 aliphatic carbocycles. The number of para-hydroxylation sites is 2.